The van der Waals surface area contributed by atoms with E-state index in [1.807, 2.05) is 6.92 Å². The first-order chi connectivity index (χ1) is 20.2. The van der Waals surface area contributed by atoms with Crippen LogP contribution in [0.3, 0.4) is 0 Å². The van der Waals surface area contributed by atoms with Crippen LogP contribution >= 0.6 is 0 Å². The predicted octanol–water partition coefficient (Wildman–Crippen LogP) is 4.23. The Morgan fingerprint density at radius 3 is 2.60 bits per heavy atom. The van der Waals surface area contributed by atoms with Gasteiger partial charge in [0.25, 0.3) is 5.56 Å². The number of rotatable bonds is 12. The topological polar surface area (TPSA) is 154 Å². The fraction of sp³-hybridized carbons (Fsp3) is 0.483. The third-order valence-corrected chi connectivity index (χ3v) is 9.99. The molecular weight excluding hydrogens is 556 g/mol. The Hall–Kier alpha value is -4.00. The molecule has 13 heteroatoms. The largest absolute Gasteiger partial charge is 0.480 e. The maximum absolute atomic E-state index is 13.9. The molecule has 2 aliphatic rings. The molecule has 222 valence electrons. The molecule has 3 heterocycles. The summed E-state index contributed by atoms with van der Waals surface area (Å²) in [5.74, 6) is 1.57. The maximum atomic E-state index is 13.9. The SMILES string of the molecule is C=N/C(=C\C=C(/C)S(=O)(=O)CC)CNc1nc2cnc(-c3c(OC)ncnc3C3CC3)nc2n([C@H](C)C2CCC2)c1=O. The molecule has 42 heavy (non-hydrogen) atoms. The van der Waals surface area contributed by atoms with Crippen molar-refractivity contribution < 1.29 is 13.2 Å². The molecule has 0 aromatic carbocycles. The predicted molar refractivity (Wildman–Crippen MR) is 163 cm³/mol. The van der Waals surface area contributed by atoms with E-state index >= 15 is 0 Å². The molecular formula is C29H36N8O4S. The summed E-state index contributed by atoms with van der Waals surface area (Å²) in [6.07, 6.45) is 11.4. The summed E-state index contributed by atoms with van der Waals surface area (Å²) in [4.78, 5) is 41.0. The average Bonchev–Trinajstić information content (AvgIpc) is 3.81. The summed E-state index contributed by atoms with van der Waals surface area (Å²) >= 11 is 0. The van der Waals surface area contributed by atoms with Crippen LogP contribution in [0.5, 0.6) is 5.88 Å². The second kappa shape index (κ2) is 12.1. The van der Waals surface area contributed by atoms with Crippen molar-refractivity contribution in [3.05, 3.63) is 51.3 Å². The van der Waals surface area contributed by atoms with Crippen LogP contribution in [-0.4, -0.2) is 64.0 Å². The number of sulfone groups is 1. The van der Waals surface area contributed by atoms with E-state index in [9.17, 15) is 13.2 Å². The maximum Gasteiger partial charge on any atom is 0.295 e. The molecule has 3 aromatic heterocycles. The molecule has 2 fully saturated rings. The van der Waals surface area contributed by atoms with Gasteiger partial charge in [-0.05, 0) is 64.3 Å². The van der Waals surface area contributed by atoms with Crippen LogP contribution in [0, 0.1) is 5.92 Å². The lowest BCUT2D eigenvalue weighted by molar-refractivity contribution is 0.222. The van der Waals surface area contributed by atoms with E-state index in [4.69, 9.17) is 9.72 Å². The molecule has 0 amide bonds. The minimum absolute atomic E-state index is 0.00770. The molecule has 2 aliphatic carbocycles. The number of aliphatic imine (C=N–C) groups is 1. The number of nitrogens with zero attached hydrogens (tertiary/aromatic N) is 7. The smallest absolute Gasteiger partial charge is 0.295 e. The Balaban J connectivity index is 1.56. The second-order valence-corrected chi connectivity index (χ2v) is 13.2. The van der Waals surface area contributed by atoms with Crippen molar-refractivity contribution in [2.24, 2.45) is 10.9 Å². The monoisotopic (exact) mass is 592 g/mol. The molecule has 0 spiro atoms. The van der Waals surface area contributed by atoms with Crippen molar-refractivity contribution in [1.82, 2.24) is 29.5 Å². The molecule has 0 radical (unpaired) electrons. The fourth-order valence-corrected chi connectivity index (χ4v) is 5.78. The molecule has 3 aromatic rings. The number of methoxy groups -OCH3 is 1. The summed E-state index contributed by atoms with van der Waals surface area (Å²) in [5.41, 5.74) is 2.52. The number of allylic oxidation sites excluding steroid dienone is 3. The first kappa shape index (κ1) is 29.5. The normalized spacial score (nSPS) is 17.1. The first-order valence-corrected chi connectivity index (χ1v) is 15.8. The zero-order chi connectivity index (χ0) is 30.0. The highest BCUT2D eigenvalue weighted by Gasteiger charge is 2.32. The highest BCUT2D eigenvalue weighted by atomic mass is 32.2. The fourth-order valence-electron chi connectivity index (χ4n) is 5.05. The zero-order valence-electron chi connectivity index (χ0n) is 24.4. The highest BCUT2D eigenvalue weighted by molar-refractivity contribution is 7.95. The summed E-state index contributed by atoms with van der Waals surface area (Å²) < 4.78 is 31.5. The van der Waals surface area contributed by atoms with Gasteiger partial charge in [0.1, 0.15) is 17.4 Å². The van der Waals surface area contributed by atoms with Gasteiger partial charge >= 0.3 is 0 Å². The van der Waals surface area contributed by atoms with Gasteiger partial charge in [0.15, 0.2) is 27.1 Å². The molecule has 0 bridgehead atoms. The Morgan fingerprint density at radius 1 is 1.21 bits per heavy atom. The van der Waals surface area contributed by atoms with Gasteiger partial charge in [-0.25, -0.2) is 33.3 Å². The van der Waals surface area contributed by atoms with Gasteiger partial charge in [-0.3, -0.25) is 14.4 Å². The van der Waals surface area contributed by atoms with E-state index in [0.29, 0.717) is 46.0 Å². The third-order valence-electron chi connectivity index (χ3n) is 8.12. The number of hydrogen-bond acceptors (Lipinski definition) is 11. The molecule has 1 N–H and O–H groups in total. The number of anilines is 1. The second-order valence-electron chi connectivity index (χ2n) is 10.7. The van der Waals surface area contributed by atoms with Crippen LogP contribution in [0.2, 0.25) is 0 Å². The van der Waals surface area contributed by atoms with Crippen LogP contribution < -0.4 is 15.6 Å². The van der Waals surface area contributed by atoms with Crippen molar-refractivity contribution in [3.63, 3.8) is 0 Å². The number of ether oxygens (including phenoxy) is 1. The average molecular weight is 593 g/mol. The van der Waals surface area contributed by atoms with Gasteiger partial charge in [0.05, 0.1) is 37.0 Å². The van der Waals surface area contributed by atoms with Crippen LogP contribution in [0.15, 0.2) is 45.1 Å². The van der Waals surface area contributed by atoms with Gasteiger partial charge in [-0.1, -0.05) is 13.3 Å². The Morgan fingerprint density at radius 2 is 1.98 bits per heavy atom. The van der Waals surface area contributed by atoms with Gasteiger partial charge < -0.3 is 10.1 Å². The summed E-state index contributed by atoms with van der Waals surface area (Å²) in [6, 6.07) is -0.116. The lowest BCUT2D eigenvalue weighted by Gasteiger charge is -2.33. The number of fused-ring (bicyclic) bond motifs is 1. The van der Waals surface area contributed by atoms with E-state index < -0.39 is 9.84 Å². The van der Waals surface area contributed by atoms with Crippen molar-refractivity contribution >= 4 is 33.5 Å². The van der Waals surface area contributed by atoms with Crippen LogP contribution in [0.25, 0.3) is 22.6 Å². The van der Waals surface area contributed by atoms with Gasteiger partial charge in [0, 0.05) is 16.9 Å². The van der Waals surface area contributed by atoms with Crippen LogP contribution in [0.4, 0.5) is 5.82 Å². The van der Waals surface area contributed by atoms with Crippen LogP contribution in [-0.2, 0) is 9.84 Å². The quantitative estimate of drug-likeness (QED) is 0.239. The Labute approximate surface area is 245 Å². The molecule has 0 unspecified atom stereocenters. The molecule has 2 saturated carbocycles. The van der Waals surface area contributed by atoms with E-state index in [1.54, 1.807) is 30.9 Å². The highest BCUT2D eigenvalue weighted by Crippen LogP contribution is 2.45. The summed E-state index contributed by atoms with van der Waals surface area (Å²) in [6.45, 7) is 8.87. The lowest BCUT2D eigenvalue weighted by Crippen LogP contribution is -2.34. The van der Waals surface area contributed by atoms with Crippen molar-refractivity contribution in [3.8, 4) is 17.3 Å². The minimum Gasteiger partial charge on any atom is -0.480 e. The lowest BCUT2D eigenvalue weighted by atomic mass is 9.80. The number of nitrogens with one attached hydrogen (secondary N) is 1. The van der Waals surface area contributed by atoms with Gasteiger partial charge in [0.2, 0.25) is 5.88 Å². The molecule has 12 nitrogen and oxygen atoms in total. The number of hydrogen-bond donors (Lipinski definition) is 1. The number of aromatic nitrogens is 6. The zero-order valence-corrected chi connectivity index (χ0v) is 25.2. The third kappa shape index (κ3) is 5.83. The van der Waals surface area contributed by atoms with Crippen molar-refractivity contribution in [2.45, 2.75) is 64.8 Å². The summed E-state index contributed by atoms with van der Waals surface area (Å²) in [7, 11) is -1.76. The molecule has 0 aliphatic heterocycles. The van der Waals surface area contributed by atoms with E-state index in [0.717, 1.165) is 37.8 Å². The molecule has 0 saturated heterocycles. The Kier molecular flexibility index (Phi) is 8.48. The van der Waals surface area contributed by atoms with Crippen LogP contribution in [0.1, 0.15) is 70.5 Å². The standard InChI is InChI=1S/C29H36N8O4S/c1-6-42(39,40)17(2)10-13-21(30-4)14-31-26-29(38)37(18(3)19-8-7-9-19)27-22(35-26)15-32-25(36-27)23-24(20-11-12-20)33-16-34-28(23)41-5/h10,13,15-16,18-20H,4,6-9,11-12,14H2,1-3,5H3,(H,31,35)/b17-10+,21-13-/t18-/m1/s1. The minimum atomic E-state index is -3.31. The molecule has 1 atom stereocenters. The van der Waals surface area contributed by atoms with Gasteiger partial charge in [-0.15, -0.1) is 0 Å². The van der Waals surface area contributed by atoms with Gasteiger partial charge in [-0.2, -0.15) is 0 Å². The Bertz CT molecular complexity index is 1740. The summed E-state index contributed by atoms with van der Waals surface area (Å²) in [5, 5.41) is 3.08. The van der Waals surface area contributed by atoms with E-state index in [-0.39, 0.29) is 34.6 Å². The van der Waals surface area contributed by atoms with Crippen molar-refractivity contribution in [2.75, 3.05) is 24.7 Å². The first-order valence-electron chi connectivity index (χ1n) is 14.2. The van der Waals surface area contributed by atoms with E-state index in [2.05, 4.69) is 37.0 Å². The van der Waals surface area contributed by atoms with Crippen molar-refractivity contribution in [1.29, 1.82) is 0 Å². The van der Waals surface area contributed by atoms with E-state index in [1.165, 1.54) is 19.3 Å². The molecule has 5 rings (SSSR count).